The number of nitrogens with one attached hydrogen (secondary N) is 1. The lowest BCUT2D eigenvalue weighted by Gasteiger charge is -2.25. The first-order valence-corrected chi connectivity index (χ1v) is 8.16. The standard InChI is InChI=1S/C17H29N3O/c1-5-18-12-15(14-9-7-6-8-10-14)11-16-13(2)19-20(3)17(16)21-4/h11,14,18H,5-10,12H2,1-4H3. The smallest absolute Gasteiger partial charge is 0.218 e. The van der Waals surface area contributed by atoms with Crippen LogP contribution in [0.4, 0.5) is 0 Å². The van der Waals surface area contributed by atoms with Crippen LogP contribution in [0.5, 0.6) is 5.88 Å². The van der Waals surface area contributed by atoms with E-state index in [9.17, 15) is 0 Å². The second-order valence-corrected chi connectivity index (χ2v) is 5.97. The van der Waals surface area contributed by atoms with Crippen LogP contribution in [0, 0.1) is 12.8 Å². The predicted octanol–water partition coefficient (Wildman–Crippen LogP) is 3.31. The molecule has 0 saturated heterocycles. The van der Waals surface area contributed by atoms with Crippen LogP contribution in [0.1, 0.15) is 50.3 Å². The van der Waals surface area contributed by atoms with Gasteiger partial charge in [-0.2, -0.15) is 5.10 Å². The fourth-order valence-corrected chi connectivity index (χ4v) is 3.30. The molecule has 2 rings (SSSR count). The van der Waals surface area contributed by atoms with Crippen molar-refractivity contribution in [3.63, 3.8) is 0 Å². The first-order chi connectivity index (χ1) is 10.2. The van der Waals surface area contributed by atoms with Crippen molar-refractivity contribution in [3.05, 3.63) is 16.8 Å². The highest BCUT2D eigenvalue weighted by atomic mass is 16.5. The minimum Gasteiger partial charge on any atom is -0.481 e. The summed E-state index contributed by atoms with van der Waals surface area (Å²) in [6.07, 6.45) is 9.06. The summed E-state index contributed by atoms with van der Waals surface area (Å²) in [5, 5.41) is 7.98. The Morgan fingerprint density at radius 3 is 2.71 bits per heavy atom. The van der Waals surface area contributed by atoms with Crippen molar-refractivity contribution >= 4 is 6.08 Å². The predicted molar refractivity (Wildman–Crippen MR) is 87.6 cm³/mol. The number of hydrogen-bond donors (Lipinski definition) is 1. The zero-order chi connectivity index (χ0) is 15.2. The Balaban J connectivity index is 2.30. The maximum atomic E-state index is 5.53. The van der Waals surface area contributed by atoms with E-state index in [2.05, 4.69) is 30.3 Å². The lowest BCUT2D eigenvalue weighted by Crippen LogP contribution is -2.22. The molecule has 1 aromatic heterocycles. The van der Waals surface area contributed by atoms with Gasteiger partial charge in [-0.3, -0.25) is 0 Å². The fraction of sp³-hybridized carbons (Fsp3) is 0.706. The van der Waals surface area contributed by atoms with Crippen LogP contribution in [0.25, 0.3) is 6.08 Å². The normalized spacial score (nSPS) is 17.2. The topological polar surface area (TPSA) is 39.1 Å². The molecule has 0 spiro atoms. The monoisotopic (exact) mass is 291 g/mol. The summed E-state index contributed by atoms with van der Waals surface area (Å²) < 4.78 is 7.35. The zero-order valence-electron chi connectivity index (χ0n) is 13.9. The van der Waals surface area contributed by atoms with Crippen molar-refractivity contribution in [1.29, 1.82) is 0 Å². The van der Waals surface area contributed by atoms with E-state index < -0.39 is 0 Å². The Morgan fingerprint density at radius 1 is 1.38 bits per heavy atom. The van der Waals surface area contributed by atoms with Crippen LogP contribution >= 0.6 is 0 Å². The Bertz CT molecular complexity index is 484. The summed E-state index contributed by atoms with van der Waals surface area (Å²) in [7, 11) is 3.66. The van der Waals surface area contributed by atoms with E-state index in [1.807, 2.05) is 11.7 Å². The molecule has 1 saturated carbocycles. The third-order valence-corrected chi connectivity index (χ3v) is 4.45. The van der Waals surface area contributed by atoms with Gasteiger partial charge < -0.3 is 10.1 Å². The lowest BCUT2D eigenvalue weighted by atomic mass is 9.83. The maximum absolute atomic E-state index is 5.53. The van der Waals surface area contributed by atoms with Gasteiger partial charge >= 0.3 is 0 Å². The molecule has 1 aliphatic rings. The minimum absolute atomic E-state index is 0.710. The average molecular weight is 291 g/mol. The SMILES string of the molecule is CCNCC(=Cc1c(C)nn(C)c1OC)C1CCCCC1. The number of nitrogens with zero attached hydrogens (tertiary/aromatic N) is 2. The van der Waals surface area contributed by atoms with Crippen molar-refractivity contribution in [1.82, 2.24) is 15.1 Å². The summed E-state index contributed by atoms with van der Waals surface area (Å²) in [5.74, 6) is 1.57. The van der Waals surface area contributed by atoms with Crippen LogP contribution < -0.4 is 10.1 Å². The molecule has 1 aliphatic carbocycles. The van der Waals surface area contributed by atoms with Crippen molar-refractivity contribution < 1.29 is 4.74 Å². The number of methoxy groups -OCH3 is 1. The molecule has 0 atom stereocenters. The molecule has 0 radical (unpaired) electrons. The summed E-state index contributed by atoms with van der Waals surface area (Å²) in [4.78, 5) is 0. The van der Waals surface area contributed by atoms with Gasteiger partial charge in [0.1, 0.15) is 0 Å². The molecule has 1 N–H and O–H groups in total. The van der Waals surface area contributed by atoms with E-state index in [0.29, 0.717) is 5.92 Å². The molecule has 0 aliphatic heterocycles. The largest absolute Gasteiger partial charge is 0.481 e. The van der Waals surface area contributed by atoms with Gasteiger partial charge in [-0.25, -0.2) is 4.68 Å². The Hall–Kier alpha value is -1.29. The number of aryl methyl sites for hydroxylation is 2. The van der Waals surface area contributed by atoms with E-state index in [1.165, 1.54) is 37.7 Å². The van der Waals surface area contributed by atoms with Gasteiger partial charge in [0.15, 0.2) is 0 Å². The van der Waals surface area contributed by atoms with Gasteiger partial charge in [-0.1, -0.05) is 31.8 Å². The van der Waals surface area contributed by atoms with Crippen LogP contribution in [-0.2, 0) is 7.05 Å². The van der Waals surface area contributed by atoms with Crippen molar-refractivity contribution in [3.8, 4) is 5.88 Å². The summed E-state index contributed by atoms with van der Waals surface area (Å²) in [6.45, 7) is 6.19. The number of aromatic nitrogens is 2. The molecule has 1 aromatic rings. The zero-order valence-corrected chi connectivity index (χ0v) is 13.9. The third kappa shape index (κ3) is 3.88. The first kappa shape index (κ1) is 16.1. The van der Waals surface area contributed by atoms with E-state index in [-0.39, 0.29) is 0 Å². The van der Waals surface area contributed by atoms with Crippen LogP contribution in [0.2, 0.25) is 0 Å². The molecule has 1 fully saturated rings. The van der Waals surface area contributed by atoms with Gasteiger partial charge in [-0.15, -0.1) is 0 Å². The molecule has 0 aromatic carbocycles. The van der Waals surface area contributed by atoms with Crippen LogP contribution in [0.15, 0.2) is 5.57 Å². The highest BCUT2D eigenvalue weighted by Crippen LogP contribution is 2.32. The van der Waals surface area contributed by atoms with E-state index >= 15 is 0 Å². The molecular weight excluding hydrogens is 262 g/mol. The molecule has 1 heterocycles. The van der Waals surface area contributed by atoms with Crippen molar-refractivity contribution in [2.75, 3.05) is 20.2 Å². The van der Waals surface area contributed by atoms with E-state index in [4.69, 9.17) is 4.74 Å². The Kier molecular flexibility index (Phi) is 5.85. The second kappa shape index (κ2) is 7.64. The number of hydrogen-bond acceptors (Lipinski definition) is 3. The fourth-order valence-electron chi connectivity index (χ4n) is 3.30. The van der Waals surface area contributed by atoms with Gasteiger partial charge in [0.2, 0.25) is 5.88 Å². The van der Waals surface area contributed by atoms with Gasteiger partial charge in [0, 0.05) is 13.6 Å². The molecule has 21 heavy (non-hydrogen) atoms. The molecule has 0 amide bonds. The van der Waals surface area contributed by atoms with Gasteiger partial charge in [0.05, 0.1) is 18.4 Å². The molecule has 118 valence electrons. The number of rotatable bonds is 6. The van der Waals surface area contributed by atoms with E-state index in [0.717, 1.165) is 30.2 Å². The maximum Gasteiger partial charge on any atom is 0.218 e. The average Bonchev–Trinajstić information content (AvgIpc) is 2.77. The highest BCUT2D eigenvalue weighted by Gasteiger charge is 2.20. The Morgan fingerprint density at radius 2 is 2.10 bits per heavy atom. The molecule has 0 bridgehead atoms. The third-order valence-electron chi connectivity index (χ3n) is 4.45. The lowest BCUT2D eigenvalue weighted by molar-refractivity contribution is 0.372. The number of likely N-dealkylation sites (N-methyl/N-ethyl adjacent to an activating group) is 1. The molecular formula is C17H29N3O. The van der Waals surface area contributed by atoms with Gasteiger partial charge in [0.25, 0.3) is 0 Å². The number of ether oxygens (including phenoxy) is 1. The van der Waals surface area contributed by atoms with Crippen molar-refractivity contribution in [2.24, 2.45) is 13.0 Å². The quantitative estimate of drug-likeness (QED) is 0.874. The first-order valence-electron chi connectivity index (χ1n) is 8.16. The minimum atomic E-state index is 0.710. The summed E-state index contributed by atoms with van der Waals surface area (Å²) >= 11 is 0. The van der Waals surface area contributed by atoms with Crippen molar-refractivity contribution in [2.45, 2.75) is 46.0 Å². The van der Waals surface area contributed by atoms with Gasteiger partial charge in [-0.05, 0) is 38.3 Å². The molecule has 4 heteroatoms. The summed E-state index contributed by atoms with van der Waals surface area (Å²) in [5.41, 5.74) is 3.68. The van der Waals surface area contributed by atoms with E-state index in [1.54, 1.807) is 7.11 Å². The second-order valence-electron chi connectivity index (χ2n) is 5.97. The summed E-state index contributed by atoms with van der Waals surface area (Å²) in [6, 6.07) is 0. The molecule has 0 unspecified atom stereocenters. The van der Waals surface area contributed by atoms with Crippen LogP contribution in [0.3, 0.4) is 0 Å². The van der Waals surface area contributed by atoms with Crippen LogP contribution in [-0.4, -0.2) is 30.0 Å². The Labute approximate surface area is 128 Å². The molecule has 4 nitrogen and oxygen atoms in total. The highest BCUT2D eigenvalue weighted by molar-refractivity contribution is 5.61.